The smallest absolute Gasteiger partial charge is 0.261 e. The van der Waals surface area contributed by atoms with Crippen molar-refractivity contribution in [2.24, 2.45) is 11.3 Å². The van der Waals surface area contributed by atoms with Crippen molar-refractivity contribution < 1.29 is 49.4 Å². The van der Waals surface area contributed by atoms with Crippen molar-refractivity contribution in [1.82, 2.24) is 10.2 Å². The largest absolute Gasteiger partial charge is 0.507 e. The van der Waals surface area contributed by atoms with Crippen LogP contribution in [-0.2, 0) is 23.9 Å². The van der Waals surface area contributed by atoms with Crippen LogP contribution in [0.4, 0.5) is 0 Å². The molecule has 0 bridgehead atoms. The molecule has 2 saturated heterocycles. The van der Waals surface area contributed by atoms with Gasteiger partial charge in [0, 0.05) is 51.1 Å². The molecule has 0 aromatic rings. The van der Waals surface area contributed by atoms with Crippen LogP contribution in [0.3, 0.4) is 0 Å². The van der Waals surface area contributed by atoms with Gasteiger partial charge in [-0.05, 0) is 57.8 Å². The maximum absolute atomic E-state index is 13.2. The molecule has 7 atom stereocenters. The van der Waals surface area contributed by atoms with E-state index in [4.69, 9.17) is 9.47 Å². The molecular formula is C44H64N2O10. The van der Waals surface area contributed by atoms with Gasteiger partial charge in [-0.1, -0.05) is 93.7 Å². The summed E-state index contributed by atoms with van der Waals surface area (Å²) in [7, 11) is 1.50. The number of nitrogens with one attached hydrogen (secondary N) is 1. The summed E-state index contributed by atoms with van der Waals surface area (Å²) in [6.07, 6.45) is 20.4. The number of Topliss-reactive ketones (excluding diaryl/α,β-unsaturated/α-hetero) is 1. The zero-order chi connectivity index (χ0) is 42.1. The molecule has 2 aliphatic heterocycles. The highest BCUT2D eigenvalue weighted by Crippen LogP contribution is 2.44. The zero-order valence-electron chi connectivity index (χ0n) is 34.2. The van der Waals surface area contributed by atoms with E-state index in [0.29, 0.717) is 18.7 Å². The number of aliphatic hydroxyl groups excluding tert-OH is 4. The van der Waals surface area contributed by atoms with Crippen molar-refractivity contribution >= 4 is 17.6 Å². The van der Waals surface area contributed by atoms with Crippen LogP contribution in [0.2, 0.25) is 0 Å². The predicted octanol–water partition coefficient (Wildman–Crippen LogP) is 5.35. The van der Waals surface area contributed by atoms with Crippen molar-refractivity contribution in [2.45, 2.75) is 117 Å². The van der Waals surface area contributed by atoms with Gasteiger partial charge in [-0.15, -0.1) is 0 Å². The molecule has 2 amide bonds. The standard InChI is InChI=1S/C44H64N2O10/c1-9-12-17-24-38-43(6,7)37(50)29-44(54,56-38)32(10-2)41(52)45-26-20-22-30(4)36(55-8)28-35(49)33(47)23-19-16-14-13-15-18-21-31(5)40(51)39-34(48)25-27-46(11-3)42(39)53/h9,12-22,24,26,32-33,35-38,47,49-51,54H,10-11,23,25,27-29H2,1-8H3,(H,45,52)/b12-9?,14-13+,18-15+,19-16?,24-17?,26-20?,30-22?,31-21+,40-39?. The van der Waals surface area contributed by atoms with E-state index in [1.165, 1.54) is 18.2 Å². The lowest BCUT2D eigenvalue weighted by Gasteiger charge is -2.50. The van der Waals surface area contributed by atoms with Gasteiger partial charge in [0.25, 0.3) is 5.91 Å². The number of ketones is 1. The molecule has 2 aliphatic rings. The number of allylic oxidation sites excluding steroid dienone is 12. The first-order valence-corrected chi connectivity index (χ1v) is 19.3. The number of likely N-dealkylation sites (tertiary alicyclic amines) is 1. The molecule has 310 valence electrons. The minimum absolute atomic E-state index is 0.116. The minimum atomic E-state index is -1.88. The number of methoxy groups -OCH3 is 1. The summed E-state index contributed by atoms with van der Waals surface area (Å²) in [5.74, 6) is -4.43. The molecular weight excluding hydrogens is 716 g/mol. The first-order valence-electron chi connectivity index (χ1n) is 19.3. The van der Waals surface area contributed by atoms with E-state index < -0.39 is 59.5 Å². The number of carbonyl (C=O) groups excluding carboxylic acids is 3. The molecule has 2 heterocycles. The maximum Gasteiger partial charge on any atom is 0.261 e. The maximum atomic E-state index is 13.2. The van der Waals surface area contributed by atoms with Crippen molar-refractivity contribution in [3.8, 4) is 0 Å². The second kappa shape index (κ2) is 23.2. The van der Waals surface area contributed by atoms with E-state index in [-0.39, 0.29) is 49.2 Å². The van der Waals surface area contributed by atoms with E-state index in [2.05, 4.69) is 5.32 Å². The van der Waals surface area contributed by atoms with Crippen molar-refractivity contribution in [3.63, 3.8) is 0 Å². The van der Waals surface area contributed by atoms with Gasteiger partial charge in [0.15, 0.2) is 11.6 Å². The summed E-state index contributed by atoms with van der Waals surface area (Å²) in [6, 6.07) is 0. The number of hydrogen-bond acceptors (Lipinski definition) is 10. The lowest BCUT2D eigenvalue weighted by atomic mass is 9.72. The van der Waals surface area contributed by atoms with E-state index in [1.807, 2.05) is 39.8 Å². The second-order valence-electron chi connectivity index (χ2n) is 14.7. The van der Waals surface area contributed by atoms with E-state index in [0.717, 1.165) is 5.57 Å². The number of piperidine rings is 1. The van der Waals surface area contributed by atoms with Gasteiger partial charge in [0.1, 0.15) is 11.3 Å². The van der Waals surface area contributed by atoms with Crippen molar-refractivity contribution in [2.75, 3.05) is 20.2 Å². The Morgan fingerprint density at radius 1 is 1.02 bits per heavy atom. The van der Waals surface area contributed by atoms with Gasteiger partial charge >= 0.3 is 0 Å². The van der Waals surface area contributed by atoms with Crippen LogP contribution < -0.4 is 5.32 Å². The summed E-state index contributed by atoms with van der Waals surface area (Å²) in [5, 5.41) is 56.9. The summed E-state index contributed by atoms with van der Waals surface area (Å²) in [6.45, 7) is 13.4. The Bertz CT molecular complexity index is 1610. The normalized spacial score (nSPS) is 26.0. The Balaban J connectivity index is 1.91. The number of rotatable bonds is 19. The highest BCUT2D eigenvalue weighted by Gasteiger charge is 2.54. The number of nitrogens with zero attached hydrogens (tertiary/aromatic N) is 1. The molecule has 6 N–H and O–H groups in total. The summed E-state index contributed by atoms with van der Waals surface area (Å²) in [5.41, 5.74) is 0.274. The summed E-state index contributed by atoms with van der Waals surface area (Å²) >= 11 is 0. The summed E-state index contributed by atoms with van der Waals surface area (Å²) < 4.78 is 11.7. The lowest BCUT2D eigenvalue weighted by Crippen LogP contribution is -2.60. The summed E-state index contributed by atoms with van der Waals surface area (Å²) in [4.78, 5) is 39.5. The Morgan fingerprint density at radius 3 is 2.34 bits per heavy atom. The first-order chi connectivity index (χ1) is 26.5. The molecule has 0 saturated carbocycles. The number of amides is 2. The monoisotopic (exact) mass is 780 g/mol. The fraction of sp³-hybridized carbons (Fsp3) is 0.523. The average Bonchev–Trinajstić information content (AvgIpc) is 3.15. The van der Waals surface area contributed by atoms with E-state index in [1.54, 1.807) is 87.6 Å². The van der Waals surface area contributed by atoms with Gasteiger partial charge in [0.05, 0.1) is 36.4 Å². The topological polar surface area (TPSA) is 186 Å². The molecule has 12 heteroatoms. The zero-order valence-corrected chi connectivity index (χ0v) is 34.2. The Hall–Kier alpha value is -4.17. The first kappa shape index (κ1) is 48.0. The number of carbonyl (C=O) groups is 3. The highest BCUT2D eigenvalue weighted by molar-refractivity contribution is 6.21. The molecule has 0 aromatic carbocycles. The molecule has 12 nitrogen and oxygen atoms in total. The third-order valence-corrected chi connectivity index (χ3v) is 10.3. The molecule has 7 unspecified atom stereocenters. The number of likely N-dealkylation sites (N-methyl/N-ethyl adjacent to an activating group) is 1. The third-order valence-electron chi connectivity index (χ3n) is 10.3. The van der Waals surface area contributed by atoms with Crippen LogP contribution in [0.15, 0.2) is 108 Å². The van der Waals surface area contributed by atoms with Crippen molar-refractivity contribution in [1.29, 1.82) is 0 Å². The van der Waals surface area contributed by atoms with Crippen LogP contribution in [-0.4, -0.2) is 105 Å². The van der Waals surface area contributed by atoms with Gasteiger partial charge in [-0.2, -0.15) is 0 Å². The van der Waals surface area contributed by atoms with Crippen LogP contribution in [0.5, 0.6) is 0 Å². The number of aliphatic hydroxyl groups is 5. The van der Waals surface area contributed by atoms with Crippen molar-refractivity contribution in [3.05, 3.63) is 108 Å². The Labute approximate surface area is 332 Å². The fourth-order valence-corrected chi connectivity index (χ4v) is 6.43. The van der Waals surface area contributed by atoms with Crippen LogP contribution in [0.25, 0.3) is 0 Å². The molecule has 2 rings (SSSR count). The Morgan fingerprint density at radius 2 is 1.70 bits per heavy atom. The number of ether oxygens (including phenoxy) is 2. The SMILES string of the molecule is CC=CC=CC1OC(O)(C(CC)C(=O)NC=CC=C(C)C(CC(O)C(O)CC=C/C=C/C=C/C=C(\C)C(O)=C2C(=O)CCN(CC)C2=O)OC)CC(O)C1(C)C. The molecule has 0 radical (unpaired) electrons. The van der Waals surface area contributed by atoms with E-state index >= 15 is 0 Å². The lowest BCUT2D eigenvalue weighted by molar-refractivity contribution is -0.314. The average molecular weight is 781 g/mol. The highest BCUT2D eigenvalue weighted by atomic mass is 16.6. The van der Waals surface area contributed by atoms with Crippen LogP contribution >= 0.6 is 0 Å². The van der Waals surface area contributed by atoms with Gasteiger partial charge in [0.2, 0.25) is 5.91 Å². The fourth-order valence-electron chi connectivity index (χ4n) is 6.43. The molecule has 0 aliphatic carbocycles. The molecule has 56 heavy (non-hydrogen) atoms. The predicted molar refractivity (Wildman–Crippen MR) is 218 cm³/mol. The molecule has 0 aromatic heterocycles. The second-order valence-corrected chi connectivity index (χ2v) is 14.7. The minimum Gasteiger partial charge on any atom is -0.507 e. The third kappa shape index (κ3) is 13.5. The quantitative estimate of drug-likeness (QED) is 0.0432. The molecule has 2 fully saturated rings. The Kier molecular flexibility index (Phi) is 19.8. The van der Waals surface area contributed by atoms with Gasteiger partial charge in [-0.25, -0.2) is 0 Å². The van der Waals surface area contributed by atoms with Crippen LogP contribution in [0, 0.1) is 11.3 Å². The van der Waals surface area contributed by atoms with Gasteiger partial charge in [-0.3, -0.25) is 14.4 Å². The number of hydrogen-bond donors (Lipinski definition) is 6. The van der Waals surface area contributed by atoms with Crippen LogP contribution in [0.1, 0.15) is 80.6 Å². The molecule has 0 spiro atoms. The van der Waals surface area contributed by atoms with Gasteiger partial charge < -0.3 is 45.2 Å². The van der Waals surface area contributed by atoms with E-state index in [9.17, 15) is 39.9 Å².